The topological polar surface area (TPSA) is 55.8 Å². The molecule has 1 saturated carbocycles. The van der Waals surface area contributed by atoms with Crippen molar-refractivity contribution in [2.45, 2.75) is 39.2 Å². The van der Waals surface area contributed by atoms with Crippen LogP contribution >= 0.6 is 0 Å². The van der Waals surface area contributed by atoms with Gasteiger partial charge in [0.2, 0.25) is 0 Å². The Kier molecular flexibility index (Phi) is 4.88. The summed E-state index contributed by atoms with van der Waals surface area (Å²) in [5, 5.41) is 8.48. The Labute approximate surface area is 90.6 Å². The van der Waals surface area contributed by atoms with Crippen molar-refractivity contribution >= 4 is 6.16 Å². The Morgan fingerprint density at radius 2 is 2.13 bits per heavy atom. The van der Waals surface area contributed by atoms with Crippen LogP contribution in [0.1, 0.15) is 33.1 Å². The molecule has 0 spiro atoms. The summed E-state index contributed by atoms with van der Waals surface area (Å²) >= 11 is 0. The molecular formula is C11H20O4. The molecule has 0 amide bonds. The Morgan fingerprint density at radius 3 is 2.80 bits per heavy atom. The molecule has 1 aliphatic rings. The standard InChI is InChI=1S/C11H20O4/c1-8-3-4-9(2)10(7-8)15-11(13)14-6-5-12/h8-10,12H,3-7H2,1-2H3/t8-,9-,10-/m1/s1. The van der Waals surface area contributed by atoms with Gasteiger partial charge in [-0.05, 0) is 24.7 Å². The largest absolute Gasteiger partial charge is 0.508 e. The summed E-state index contributed by atoms with van der Waals surface area (Å²) in [4.78, 5) is 11.2. The average Bonchev–Trinajstić information content (AvgIpc) is 2.20. The molecule has 0 aromatic heterocycles. The van der Waals surface area contributed by atoms with E-state index in [1.165, 1.54) is 6.42 Å². The van der Waals surface area contributed by atoms with Crippen LogP contribution in [0.5, 0.6) is 0 Å². The fourth-order valence-corrected chi connectivity index (χ4v) is 1.93. The first kappa shape index (κ1) is 12.3. The van der Waals surface area contributed by atoms with Gasteiger partial charge in [-0.1, -0.05) is 20.3 Å². The molecule has 15 heavy (non-hydrogen) atoms. The average molecular weight is 216 g/mol. The number of carbonyl (C=O) groups is 1. The number of ether oxygens (including phenoxy) is 2. The molecule has 4 heteroatoms. The van der Waals surface area contributed by atoms with Gasteiger partial charge in [-0.15, -0.1) is 0 Å². The van der Waals surface area contributed by atoms with Crippen LogP contribution < -0.4 is 0 Å². The Bertz CT molecular complexity index is 205. The summed E-state index contributed by atoms with van der Waals surface area (Å²) in [5.74, 6) is 1.01. The van der Waals surface area contributed by atoms with E-state index in [-0.39, 0.29) is 19.3 Å². The number of rotatable bonds is 3. The first-order valence-electron chi connectivity index (χ1n) is 5.57. The van der Waals surface area contributed by atoms with E-state index in [9.17, 15) is 4.79 Å². The molecule has 1 fully saturated rings. The molecule has 0 aromatic rings. The van der Waals surface area contributed by atoms with Crippen molar-refractivity contribution in [2.24, 2.45) is 11.8 Å². The van der Waals surface area contributed by atoms with Gasteiger partial charge in [0, 0.05) is 0 Å². The molecule has 0 aliphatic heterocycles. The van der Waals surface area contributed by atoms with Crippen molar-refractivity contribution in [1.29, 1.82) is 0 Å². The van der Waals surface area contributed by atoms with Gasteiger partial charge in [0.1, 0.15) is 12.7 Å². The van der Waals surface area contributed by atoms with Crippen molar-refractivity contribution in [2.75, 3.05) is 13.2 Å². The minimum absolute atomic E-state index is 0.00941. The number of carbonyl (C=O) groups excluding carboxylic acids is 1. The highest BCUT2D eigenvalue weighted by molar-refractivity contribution is 5.60. The second-order valence-electron chi connectivity index (χ2n) is 4.37. The number of hydrogen-bond acceptors (Lipinski definition) is 4. The predicted octanol–water partition coefficient (Wildman–Crippen LogP) is 1.96. The molecular weight excluding hydrogens is 196 g/mol. The molecule has 0 saturated heterocycles. The van der Waals surface area contributed by atoms with Crippen molar-refractivity contribution in [1.82, 2.24) is 0 Å². The summed E-state index contributed by atoms with van der Waals surface area (Å²) in [6.07, 6.45) is 2.52. The lowest BCUT2D eigenvalue weighted by molar-refractivity contribution is -0.0213. The Morgan fingerprint density at radius 1 is 1.40 bits per heavy atom. The third-order valence-corrected chi connectivity index (χ3v) is 2.94. The zero-order valence-corrected chi connectivity index (χ0v) is 9.44. The summed E-state index contributed by atoms with van der Waals surface area (Å²) in [5.41, 5.74) is 0. The van der Waals surface area contributed by atoms with Crippen molar-refractivity contribution < 1.29 is 19.4 Å². The second-order valence-corrected chi connectivity index (χ2v) is 4.37. The van der Waals surface area contributed by atoms with E-state index >= 15 is 0 Å². The van der Waals surface area contributed by atoms with E-state index in [4.69, 9.17) is 9.84 Å². The Balaban J connectivity index is 2.31. The van der Waals surface area contributed by atoms with E-state index in [2.05, 4.69) is 18.6 Å². The smallest absolute Gasteiger partial charge is 0.432 e. The van der Waals surface area contributed by atoms with Gasteiger partial charge in [-0.3, -0.25) is 0 Å². The second kappa shape index (κ2) is 5.95. The molecule has 1 rings (SSSR count). The first-order valence-corrected chi connectivity index (χ1v) is 5.57. The van der Waals surface area contributed by atoms with Crippen LogP contribution in [0.15, 0.2) is 0 Å². The van der Waals surface area contributed by atoms with E-state index in [1.54, 1.807) is 0 Å². The molecule has 0 heterocycles. The monoisotopic (exact) mass is 216 g/mol. The van der Waals surface area contributed by atoms with Gasteiger partial charge in [-0.2, -0.15) is 0 Å². The molecule has 4 nitrogen and oxygen atoms in total. The molecule has 88 valence electrons. The molecule has 0 unspecified atom stereocenters. The van der Waals surface area contributed by atoms with E-state index in [1.807, 2.05) is 0 Å². The first-order chi connectivity index (χ1) is 7.13. The predicted molar refractivity (Wildman–Crippen MR) is 55.5 cm³/mol. The van der Waals surface area contributed by atoms with Crippen molar-refractivity contribution in [3.8, 4) is 0 Å². The minimum atomic E-state index is -0.657. The van der Waals surface area contributed by atoms with Gasteiger partial charge in [0.15, 0.2) is 0 Å². The molecule has 0 radical (unpaired) electrons. The zero-order valence-electron chi connectivity index (χ0n) is 9.44. The molecule has 3 atom stereocenters. The molecule has 0 bridgehead atoms. The summed E-state index contributed by atoms with van der Waals surface area (Å²) in [6.45, 7) is 4.11. The highest BCUT2D eigenvalue weighted by Crippen LogP contribution is 2.30. The van der Waals surface area contributed by atoms with Gasteiger partial charge in [0.25, 0.3) is 0 Å². The zero-order chi connectivity index (χ0) is 11.3. The third kappa shape index (κ3) is 4.08. The van der Waals surface area contributed by atoms with Crippen LogP contribution in [-0.2, 0) is 9.47 Å². The van der Waals surface area contributed by atoms with Gasteiger partial charge in [0.05, 0.1) is 6.61 Å². The van der Waals surface area contributed by atoms with Crippen molar-refractivity contribution in [3.63, 3.8) is 0 Å². The lowest BCUT2D eigenvalue weighted by Gasteiger charge is -2.31. The number of hydrogen-bond donors (Lipinski definition) is 1. The maximum absolute atomic E-state index is 11.2. The van der Waals surface area contributed by atoms with Crippen molar-refractivity contribution in [3.05, 3.63) is 0 Å². The summed E-state index contributed by atoms with van der Waals surface area (Å²) < 4.78 is 9.87. The summed E-state index contributed by atoms with van der Waals surface area (Å²) in [7, 11) is 0. The van der Waals surface area contributed by atoms with E-state index in [0.29, 0.717) is 11.8 Å². The van der Waals surface area contributed by atoms with E-state index in [0.717, 1.165) is 12.8 Å². The van der Waals surface area contributed by atoms with Crippen LogP contribution in [0.2, 0.25) is 0 Å². The Hall–Kier alpha value is -0.770. The fraction of sp³-hybridized carbons (Fsp3) is 0.909. The third-order valence-electron chi connectivity index (χ3n) is 2.94. The fourth-order valence-electron chi connectivity index (χ4n) is 1.93. The molecule has 1 aliphatic carbocycles. The quantitative estimate of drug-likeness (QED) is 0.733. The number of aliphatic hydroxyl groups excluding tert-OH is 1. The van der Waals surface area contributed by atoms with Crippen LogP contribution in [0.25, 0.3) is 0 Å². The molecule has 1 N–H and O–H groups in total. The lowest BCUT2D eigenvalue weighted by atomic mass is 9.82. The SMILES string of the molecule is C[C@@H]1CC[C@@H](C)[C@H](OC(=O)OCCO)C1. The maximum atomic E-state index is 11.2. The lowest BCUT2D eigenvalue weighted by Crippen LogP contribution is -2.31. The molecule has 0 aromatic carbocycles. The van der Waals surface area contributed by atoms with Crippen LogP contribution in [0.3, 0.4) is 0 Å². The summed E-state index contributed by atoms with van der Waals surface area (Å²) in [6, 6.07) is 0. The van der Waals surface area contributed by atoms with Crippen LogP contribution in [0.4, 0.5) is 4.79 Å². The van der Waals surface area contributed by atoms with Gasteiger partial charge < -0.3 is 14.6 Å². The van der Waals surface area contributed by atoms with E-state index < -0.39 is 6.16 Å². The normalized spacial score (nSPS) is 31.0. The van der Waals surface area contributed by atoms with Crippen LogP contribution in [0, 0.1) is 11.8 Å². The maximum Gasteiger partial charge on any atom is 0.508 e. The highest BCUT2D eigenvalue weighted by Gasteiger charge is 2.28. The van der Waals surface area contributed by atoms with Gasteiger partial charge >= 0.3 is 6.16 Å². The minimum Gasteiger partial charge on any atom is -0.432 e. The number of aliphatic hydroxyl groups is 1. The van der Waals surface area contributed by atoms with Crippen LogP contribution in [-0.4, -0.2) is 30.6 Å². The van der Waals surface area contributed by atoms with Gasteiger partial charge in [-0.25, -0.2) is 4.79 Å². The highest BCUT2D eigenvalue weighted by atomic mass is 16.7.